The summed E-state index contributed by atoms with van der Waals surface area (Å²) in [4.78, 5) is 11.8. The van der Waals surface area contributed by atoms with Crippen LogP contribution in [0, 0.1) is 5.82 Å². The molecular weight excluding hydrogens is 241 g/mol. The van der Waals surface area contributed by atoms with Crippen LogP contribution in [0.2, 0.25) is 0 Å². The van der Waals surface area contributed by atoms with Crippen molar-refractivity contribution in [3.8, 4) is 5.75 Å². The standard InChI is InChI=1S/C12H14FNO2S/c13-8-1-2-11(15)10(7-8)12(16)14-9-3-5-17-6-4-9/h1-2,7,9,15H,3-6H2,(H,14,16). The van der Waals surface area contributed by atoms with E-state index in [1.54, 1.807) is 0 Å². The van der Waals surface area contributed by atoms with Gasteiger partial charge in [0.1, 0.15) is 11.6 Å². The topological polar surface area (TPSA) is 49.3 Å². The Morgan fingerprint density at radius 1 is 1.41 bits per heavy atom. The predicted molar refractivity (Wildman–Crippen MR) is 65.9 cm³/mol. The lowest BCUT2D eigenvalue weighted by molar-refractivity contribution is 0.0931. The molecule has 2 N–H and O–H groups in total. The van der Waals surface area contributed by atoms with Crippen LogP contribution >= 0.6 is 11.8 Å². The average Bonchev–Trinajstić information content (AvgIpc) is 2.33. The summed E-state index contributed by atoms with van der Waals surface area (Å²) in [5, 5.41) is 12.3. The van der Waals surface area contributed by atoms with E-state index in [0.29, 0.717) is 0 Å². The predicted octanol–water partition coefficient (Wildman–Crippen LogP) is 2.16. The van der Waals surface area contributed by atoms with Crippen molar-refractivity contribution in [1.82, 2.24) is 5.32 Å². The maximum atomic E-state index is 13.0. The normalized spacial score (nSPS) is 16.8. The molecule has 1 aromatic carbocycles. The molecule has 1 amide bonds. The van der Waals surface area contributed by atoms with Gasteiger partial charge in [0, 0.05) is 6.04 Å². The lowest BCUT2D eigenvalue weighted by Crippen LogP contribution is -2.37. The van der Waals surface area contributed by atoms with Crippen molar-refractivity contribution >= 4 is 17.7 Å². The van der Waals surface area contributed by atoms with Crippen molar-refractivity contribution in [3.63, 3.8) is 0 Å². The molecule has 1 heterocycles. The van der Waals surface area contributed by atoms with E-state index in [9.17, 15) is 14.3 Å². The molecule has 2 rings (SSSR count). The Bertz CT molecular complexity index is 419. The minimum atomic E-state index is -0.521. The quantitative estimate of drug-likeness (QED) is 0.851. The van der Waals surface area contributed by atoms with Gasteiger partial charge in [0.2, 0.25) is 0 Å². The van der Waals surface area contributed by atoms with Crippen LogP contribution in [0.1, 0.15) is 23.2 Å². The zero-order valence-corrected chi connectivity index (χ0v) is 10.1. The lowest BCUT2D eigenvalue weighted by Gasteiger charge is -2.22. The Hall–Kier alpha value is -1.23. The summed E-state index contributed by atoms with van der Waals surface area (Å²) in [6.07, 6.45) is 1.85. The molecule has 1 aliphatic heterocycles. The first-order chi connectivity index (χ1) is 8.16. The van der Waals surface area contributed by atoms with Crippen LogP contribution < -0.4 is 5.32 Å². The fourth-order valence-electron chi connectivity index (χ4n) is 1.80. The number of benzene rings is 1. The number of amides is 1. The lowest BCUT2D eigenvalue weighted by atomic mass is 10.1. The molecule has 0 bridgehead atoms. The Labute approximate surface area is 103 Å². The van der Waals surface area contributed by atoms with Crippen LogP contribution in [0.15, 0.2) is 18.2 Å². The molecule has 0 spiro atoms. The van der Waals surface area contributed by atoms with Crippen LogP contribution in [0.5, 0.6) is 5.75 Å². The second kappa shape index (κ2) is 5.40. The smallest absolute Gasteiger partial charge is 0.255 e. The van der Waals surface area contributed by atoms with Crippen LogP contribution in [-0.4, -0.2) is 28.6 Å². The van der Waals surface area contributed by atoms with E-state index < -0.39 is 11.7 Å². The summed E-state index contributed by atoms with van der Waals surface area (Å²) in [5.74, 6) is 0.945. The maximum absolute atomic E-state index is 13.0. The first-order valence-electron chi connectivity index (χ1n) is 5.54. The van der Waals surface area contributed by atoms with Gasteiger partial charge < -0.3 is 10.4 Å². The first kappa shape index (κ1) is 12.2. The number of carbonyl (C=O) groups is 1. The molecule has 5 heteroatoms. The molecule has 92 valence electrons. The van der Waals surface area contributed by atoms with Crippen molar-refractivity contribution in [1.29, 1.82) is 0 Å². The van der Waals surface area contributed by atoms with Crippen LogP contribution in [0.4, 0.5) is 4.39 Å². The zero-order chi connectivity index (χ0) is 12.3. The summed E-state index contributed by atoms with van der Waals surface area (Å²) in [5.41, 5.74) is 0.00299. The number of thioether (sulfide) groups is 1. The third-order valence-electron chi connectivity index (χ3n) is 2.76. The fourth-order valence-corrected chi connectivity index (χ4v) is 2.90. The largest absolute Gasteiger partial charge is 0.507 e. The Morgan fingerprint density at radius 3 is 2.82 bits per heavy atom. The number of rotatable bonds is 2. The third kappa shape index (κ3) is 3.12. The van der Waals surface area contributed by atoms with Crippen molar-refractivity contribution in [3.05, 3.63) is 29.6 Å². The molecule has 1 aromatic rings. The highest BCUT2D eigenvalue weighted by atomic mass is 32.2. The highest BCUT2D eigenvalue weighted by Crippen LogP contribution is 2.20. The molecule has 17 heavy (non-hydrogen) atoms. The number of halogens is 1. The Balaban J connectivity index is 2.05. The van der Waals surface area contributed by atoms with Gasteiger partial charge in [-0.15, -0.1) is 0 Å². The number of carbonyl (C=O) groups excluding carboxylic acids is 1. The molecule has 0 atom stereocenters. The highest BCUT2D eigenvalue weighted by molar-refractivity contribution is 7.99. The molecule has 0 saturated carbocycles. The van der Waals surface area contributed by atoms with Gasteiger partial charge in [0.25, 0.3) is 5.91 Å². The van der Waals surface area contributed by atoms with Crippen LogP contribution in [-0.2, 0) is 0 Å². The Kier molecular flexibility index (Phi) is 3.89. The number of phenolic OH excluding ortho intramolecular Hbond substituents is 1. The summed E-state index contributed by atoms with van der Waals surface area (Å²) < 4.78 is 13.0. The number of hydrogen-bond donors (Lipinski definition) is 2. The monoisotopic (exact) mass is 255 g/mol. The second-order valence-electron chi connectivity index (χ2n) is 4.02. The molecule has 1 fully saturated rings. The summed E-state index contributed by atoms with van der Waals surface area (Å²) in [7, 11) is 0. The van der Waals surface area contributed by atoms with E-state index in [4.69, 9.17) is 0 Å². The van der Waals surface area contributed by atoms with E-state index in [1.165, 1.54) is 6.07 Å². The summed E-state index contributed by atoms with van der Waals surface area (Å²) in [6.45, 7) is 0. The highest BCUT2D eigenvalue weighted by Gasteiger charge is 2.19. The molecule has 3 nitrogen and oxygen atoms in total. The number of aromatic hydroxyl groups is 1. The van der Waals surface area contributed by atoms with Gasteiger partial charge in [0.15, 0.2) is 0 Å². The van der Waals surface area contributed by atoms with Gasteiger partial charge in [-0.1, -0.05) is 0 Å². The molecular formula is C12H14FNO2S. The third-order valence-corrected chi connectivity index (χ3v) is 3.81. The number of hydrogen-bond acceptors (Lipinski definition) is 3. The maximum Gasteiger partial charge on any atom is 0.255 e. The SMILES string of the molecule is O=C(NC1CCSCC1)c1cc(F)ccc1O. The first-order valence-corrected chi connectivity index (χ1v) is 6.69. The van der Waals surface area contributed by atoms with Crippen molar-refractivity contribution in [2.45, 2.75) is 18.9 Å². The molecule has 0 unspecified atom stereocenters. The van der Waals surface area contributed by atoms with Gasteiger partial charge in [-0.3, -0.25) is 4.79 Å². The Morgan fingerprint density at radius 2 is 2.12 bits per heavy atom. The molecule has 0 aliphatic carbocycles. The van der Waals surface area contributed by atoms with Gasteiger partial charge in [0.05, 0.1) is 5.56 Å². The fraction of sp³-hybridized carbons (Fsp3) is 0.417. The van der Waals surface area contributed by atoms with Crippen LogP contribution in [0.3, 0.4) is 0 Å². The van der Waals surface area contributed by atoms with Gasteiger partial charge in [-0.25, -0.2) is 4.39 Å². The molecule has 0 radical (unpaired) electrons. The average molecular weight is 255 g/mol. The van der Waals surface area contributed by atoms with Gasteiger partial charge >= 0.3 is 0 Å². The van der Waals surface area contributed by atoms with E-state index >= 15 is 0 Å². The minimum absolute atomic E-state index is 0.00299. The van der Waals surface area contributed by atoms with Gasteiger partial charge in [-0.2, -0.15) is 11.8 Å². The van der Waals surface area contributed by atoms with E-state index in [-0.39, 0.29) is 17.4 Å². The number of phenols is 1. The summed E-state index contributed by atoms with van der Waals surface area (Å²) in [6, 6.07) is 3.51. The molecule has 1 saturated heterocycles. The van der Waals surface area contributed by atoms with E-state index in [0.717, 1.165) is 36.5 Å². The van der Waals surface area contributed by atoms with Crippen molar-refractivity contribution in [2.24, 2.45) is 0 Å². The molecule has 1 aliphatic rings. The minimum Gasteiger partial charge on any atom is -0.507 e. The van der Waals surface area contributed by atoms with E-state index in [1.807, 2.05) is 11.8 Å². The number of nitrogens with one attached hydrogen (secondary N) is 1. The molecule has 0 aromatic heterocycles. The van der Waals surface area contributed by atoms with Gasteiger partial charge in [-0.05, 0) is 42.5 Å². The summed E-state index contributed by atoms with van der Waals surface area (Å²) >= 11 is 1.87. The second-order valence-corrected chi connectivity index (χ2v) is 5.25. The van der Waals surface area contributed by atoms with Crippen molar-refractivity contribution < 1.29 is 14.3 Å². The van der Waals surface area contributed by atoms with Crippen LogP contribution in [0.25, 0.3) is 0 Å². The van der Waals surface area contributed by atoms with Crippen molar-refractivity contribution in [2.75, 3.05) is 11.5 Å². The van der Waals surface area contributed by atoms with E-state index in [2.05, 4.69) is 5.32 Å². The zero-order valence-electron chi connectivity index (χ0n) is 9.28.